The van der Waals surface area contributed by atoms with Gasteiger partial charge in [-0.1, -0.05) is 36.4 Å². The standard InChI is InChI=1S/C14H16N6O11S4/c21-13(15-19-34(27,28)32(23,24)11-7-3-1-4-8-11)17-31-18-14(22)16-20-35(29,30)33(25,26)12-9-5-2-6-10-12/h1-10,19-20H,(H2,15,17,21)(H2,16,18,22). The lowest BCUT2D eigenvalue weighted by Gasteiger charge is -2.11. The zero-order valence-corrected chi connectivity index (χ0v) is 20.2. The molecule has 35 heavy (non-hydrogen) atoms. The van der Waals surface area contributed by atoms with Crippen molar-refractivity contribution in [3.63, 3.8) is 0 Å². The molecule has 0 saturated heterocycles. The molecule has 0 aliphatic heterocycles. The maximum Gasteiger partial charge on any atom is 0.355 e. The molecule has 0 aliphatic carbocycles. The number of urea groups is 2. The van der Waals surface area contributed by atoms with Crippen LogP contribution in [-0.2, 0) is 40.8 Å². The topological polar surface area (TPSA) is 252 Å². The SMILES string of the molecule is O=C(NNS(=O)(=O)S(=O)(=O)c1ccccc1)NONC(=O)NNS(=O)(=O)S(=O)(=O)c1ccccc1. The van der Waals surface area contributed by atoms with Crippen LogP contribution in [0.25, 0.3) is 0 Å². The molecule has 0 bridgehead atoms. The van der Waals surface area contributed by atoms with Crippen LogP contribution in [0.4, 0.5) is 9.59 Å². The molecule has 0 aromatic heterocycles. The van der Waals surface area contributed by atoms with E-state index in [1.54, 1.807) is 0 Å². The van der Waals surface area contributed by atoms with Gasteiger partial charge >= 0.3 is 30.2 Å². The van der Waals surface area contributed by atoms with Crippen molar-refractivity contribution in [3.8, 4) is 0 Å². The van der Waals surface area contributed by atoms with E-state index in [9.17, 15) is 43.3 Å². The lowest BCUT2D eigenvalue weighted by atomic mass is 10.4. The van der Waals surface area contributed by atoms with Crippen LogP contribution in [-0.4, -0.2) is 45.7 Å². The van der Waals surface area contributed by atoms with E-state index in [2.05, 4.69) is 4.94 Å². The first-order valence-corrected chi connectivity index (χ1v) is 15.6. The highest BCUT2D eigenvalue weighted by atomic mass is 33.2. The molecule has 0 aliphatic rings. The first-order valence-electron chi connectivity index (χ1n) is 8.62. The highest BCUT2D eigenvalue weighted by Crippen LogP contribution is 2.15. The molecule has 0 saturated carbocycles. The molecular formula is C14H16N6O11S4. The summed E-state index contributed by atoms with van der Waals surface area (Å²) >= 11 is 0. The number of benzene rings is 2. The van der Waals surface area contributed by atoms with Crippen molar-refractivity contribution in [3.05, 3.63) is 60.7 Å². The van der Waals surface area contributed by atoms with Crippen LogP contribution in [0.2, 0.25) is 0 Å². The molecule has 4 amide bonds. The minimum absolute atomic E-state index is 0.582. The second kappa shape index (κ2) is 10.9. The molecule has 21 heteroatoms. The maximum atomic E-state index is 12.1. The van der Waals surface area contributed by atoms with Gasteiger partial charge in [0.2, 0.25) is 0 Å². The van der Waals surface area contributed by atoms with Crippen LogP contribution >= 0.6 is 0 Å². The second-order valence-electron chi connectivity index (χ2n) is 5.86. The van der Waals surface area contributed by atoms with Crippen molar-refractivity contribution in [1.29, 1.82) is 0 Å². The average molecular weight is 573 g/mol. The summed E-state index contributed by atoms with van der Waals surface area (Å²) in [6.45, 7) is 0. The van der Waals surface area contributed by atoms with Crippen molar-refractivity contribution in [2.75, 3.05) is 0 Å². The number of nitrogens with one attached hydrogen (secondary N) is 6. The van der Waals surface area contributed by atoms with Gasteiger partial charge in [-0.05, 0) is 24.3 Å². The average Bonchev–Trinajstić information content (AvgIpc) is 2.82. The summed E-state index contributed by atoms with van der Waals surface area (Å²) in [6.07, 6.45) is 0. The predicted octanol–water partition coefficient (Wildman–Crippen LogP) is -2.12. The van der Waals surface area contributed by atoms with Gasteiger partial charge in [0, 0.05) is 0 Å². The Morgan fingerprint density at radius 1 is 0.543 bits per heavy atom. The van der Waals surface area contributed by atoms with Crippen LogP contribution in [0.5, 0.6) is 0 Å². The molecule has 192 valence electrons. The Morgan fingerprint density at radius 3 is 1.17 bits per heavy atom. The summed E-state index contributed by atoms with van der Waals surface area (Å²) in [5.74, 6) is 0. The van der Waals surface area contributed by atoms with E-state index in [1.165, 1.54) is 67.9 Å². The Labute approximate surface area is 197 Å². The second-order valence-corrected chi connectivity index (χ2v) is 16.1. The molecule has 2 rings (SSSR count). The Balaban J connectivity index is 1.82. The van der Waals surface area contributed by atoms with Gasteiger partial charge in [0.05, 0.1) is 9.79 Å². The molecule has 0 radical (unpaired) electrons. The van der Waals surface area contributed by atoms with Gasteiger partial charge in [-0.3, -0.25) is 10.9 Å². The minimum Gasteiger partial charge on any atom is -0.257 e. The largest absolute Gasteiger partial charge is 0.355 e. The lowest BCUT2D eigenvalue weighted by molar-refractivity contribution is 0.00364. The third-order valence-electron chi connectivity index (χ3n) is 3.51. The number of carbonyl (C=O) groups is 2. The first kappa shape index (κ1) is 27.9. The summed E-state index contributed by atoms with van der Waals surface area (Å²) < 4.78 is 96.0. The lowest BCUT2D eigenvalue weighted by Crippen LogP contribution is -2.52. The van der Waals surface area contributed by atoms with Crippen molar-refractivity contribution in [1.82, 2.24) is 31.5 Å². The minimum atomic E-state index is -5.15. The zero-order valence-electron chi connectivity index (χ0n) is 16.9. The number of hydrogen-bond donors (Lipinski definition) is 6. The Morgan fingerprint density at radius 2 is 0.857 bits per heavy atom. The van der Waals surface area contributed by atoms with Crippen molar-refractivity contribution in [2.24, 2.45) is 0 Å². The Bertz CT molecular complexity index is 1380. The van der Waals surface area contributed by atoms with E-state index in [0.717, 1.165) is 24.3 Å². The molecule has 6 N–H and O–H groups in total. The molecule has 0 heterocycles. The molecule has 2 aromatic carbocycles. The number of rotatable bonds is 10. The monoisotopic (exact) mass is 572 g/mol. The molecule has 0 atom stereocenters. The first-order chi connectivity index (χ1) is 16.2. The summed E-state index contributed by atoms with van der Waals surface area (Å²) in [6, 6.07) is 8.91. The number of amides is 4. The van der Waals surface area contributed by atoms with E-state index in [1.807, 2.05) is 0 Å². The van der Waals surface area contributed by atoms with Crippen molar-refractivity contribution in [2.45, 2.75) is 9.79 Å². The molecule has 0 fully saturated rings. The Kier molecular flexibility index (Phi) is 8.72. The smallest absolute Gasteiger partial charge is 0.257 e. The molecular weight excluding hydrogens is 556 g/mol. The van der Waals surface area contributed by atoms with Gasteiger partial charge in [0.15, 0.2) is 0 Å². The molecule has 0 unspecified atom stereocenters. The third kappa shape index (κ3) is 6.84. The highest BCUT2D eigenvalue weighted by Gasteiger charge is 2.33. The van der Waals surface area contributed by atoms with E-state index in [-0.39, 0.29) is 0 Å². The molecule has 17 nitrogen and oxygen atoms in total. The molecule has 2 aromatic rings. The van der Waals surface area contributed by atoms with Gasteiger partial charge in [0.25, 0.3) is 17.7 Å². The number of hydrogen-bond acceptors (Lipinski definition) is 11. The maximum absolute atomic E-state index is 12.1. The van der Waals surface area contributed by atoms with Crippen molar-refractivity contribution < 1.29 is 48.2 Å². The number of hydroxylamine groups is 2. The van der Waals surface area contributed by atoms with E-state index in [0.29, 0.717) is 0 Å². The predicted molar refractivity (Wildman–Crippen MR) is 116 cm³/mol. The fourth-order valence-corrected chi connectivity index (χ4v) is 7.16. The fraction of sp³-hybridized carbons (Fsp3) is 0. The van der Waals surface area contributed by atoms with Crippen LogP contribution < -0.4 is 31.5 Å². The van der Waals surface area contributed by atoms with Crippen molar-refractivity contribution >= 4 is 47.9 Å². The van der Waals surface area contributed by atoms with Gasteiger partial charge in [-0.25, -0.2) is 26.4 Å². The summed E-state index contributed by atoms with van der Waals surface area (Å²) in [4.78, 5) is 28.5. The van der Waals surface area contributed by atoms with E-state index in [4.69, 9.17) is 0 Å². The van der Waals surface area contributed by atoms with Crippen LogP contribution in [0.3, 0.4) is 0 Å². The normalized spacial score (nSPS) is 12.3. The highest BCUT2D eigenvalue weighted by molar-refractivity contribution is 8.66. The van der Waals surface area contributed by atoms with Crippen LogP contribution in [0, 0.1) is 0 Å². The van der Waals surface area contributed by atoms with Gasteiger partial charge in [0.1, 0.15) is 0 Å². The van der Waals surface area contributed by atoms with Crippen LogP contribution in [0.15, 0.2) is 70.5 Å². The fourth-order valence-electron chi connectivity index (χ4n) is 1.92. The quantitative estimate of drug-likeness (QED) is 0.132. The van der Waals surface area contributed by atoms with Crippen LogP contribution in [0.1, 0.15) is 0 Å². The van der Waals surface area contributed by atoms with Gasteiger partial charge < -0.3 is 0 Å². The number of hydrazine groups is 2. The number of carbonyl (C=O) groups excluding carboxylic acids is 2. The van der Waals surface area contributed by atoms with E-state index >= 15 is 0 Å². The van der Waals surface area contributed by atoms with E-state index < -0.39 is 57.7 Å². The van der Waals surface area contributed by atoms with Gasteiger partial charge in [-0.2, -0.15) is 32.7 Å². The summed E-state index contributed by atoms with van der Waals surface area (Å²) in [7, 11) is -20.2. The zero-order chi connectivity index (χ0) is 26.3. The summed E-state index contributed by atoms with van der Waals surface area (Å²) in [5.41, 5.74) is 5.61. The van der Waals surface area contributed by atoms with Gasteiger partial charge in [-0.15, -0.1) is 9.66 Å². The molecule has 0 spiro atoms. The summed E-state index contributed by atoms with van der Waals surface area (Å²) in [5, 5.41) is 0. The third-order valence-corrected chi connectivity index (χ3v) is 12.2. The Hall–Kier alpha value is -3.34.